The molecule has 0 atom stereocenters. The van der Waals surface area contributed by atoms with Gasteiger partial charge >= 0.3 is 5.97 Å². The van der Waals surface area contributed by atoms with Crippen LogP contribution in [0.4, 0.5) is 8.78 Å². The maximum absolute atomic E-state index is 12.8. The van der Waals surface area contributed by atoms with E-state index in [9.17, 15) is 13.6 Å². The van der Waals surface area contributed by atoms with Crippen LogP contribution in [0.15, 0.2) is 10.5 Å². The molecule has 13 heavy (non-hydrogen) atoms. The molecule has 1 aromatic carbocycles. The van der Waals surface area contributed by atoms with Gasteiger partial charge in [-0.2, -0.15) is 0 Å². The summed E-state index contributed by atoms with van der Waals surface area (Å²) in [6, 6.07) is 0.840. The molecule has 0 amide bonds. The van der Waals surface area contributed by atoms with Gasteiger partial charge in [-0.15, -0.1) is 0 Å². The van der Waals surface area contributed by atoms with Gasteiger partial charge in [0.1, 0.15) is 0 Å². The molecule has 0 heterocycles. The van der Waals surface area contributed by atoms with Crippen molar-refractivity contribution in [2.24, 2.45) is 0 Å². The van der Waals surface area contributed by atoms with Crippen molar-refractivity contribution in [1.82, 2.24) is 0 Å². The highest BCUT2D eigenvalue weighted by molar-refractivity contribution is 9.10. The molecule has 0 aliphatic heterocycles. The normalized spacial score (nSPS) is 10.2. The summed E-state index contributed by atoms with van der Waals surface area (Å²) in [5.41, 5.74) is -0.786. The largest absolute Gasteiger partial charge is 0.478 e. The van der Waals surface area contributed by atoms with E-state index >= 15 is 0 Å². The van der Waals surface area contributed by atoms with Gasteiger partial charge in [0.05, 0.1) is 15.1 Å². The molecule has 0 saturated carbocycles. The zero-order valence-electron chi connectivity index (χ0n) is 5.94. The van der Waals surface area contributed by atoms with Gasteiger partial charge in [0.25, 0.3) is 0 Å². The highest BCUT2D eigenvalue weighted by atomic mass is 79.9. The average Bonchev–Trinajstić information content (AvgIpc) is 2.07. The van der Waals surface area contributed by atoms with E-state index in [1.165, 1.54) is 0 Å². The van der Waals surface area contributed by atoms with Crippen LogP contribution in [0.2, 0.25) is 5.02 Å². The molecular formula is C7H2BrClF2O2. The first-order valence-corrected chi connectivity index (χ1v) is 4.18. The van der Waals surface area contributed by atoms with E-state index < -0.39 is 23.2 Å². The zero-order chi connectivity index (χ0) is 10.2. The van der Waals surface area contributed by atoms with E-state index in [-0.39, 0.29) is 9.50 Å². The summed E-state index contributed by atoms with van der Waals surface area (Å²) in [4.78, 5) is 10.4. The molecule has 0 aliphatic rings. The first-order chi connectivity index (χ1) is 5.95. The van der Waals surface area contributed by atoms with Crippen molar-refractivity contribution in [3.05, 3.63) is 32.8 Å². The Labute approximate surface area is 85.3 Å². The molecule has 0 unspecified atom stereocenters. The fourth-order valence-corrected chi connectivity index (χ4v) is 1.21. The Bertz CT molecular complexity index is 381. The second kappa shape index (κ2) is 3.59. The Hall–Kier alpha value is -0.680. The van der Waals surface area contributed by atoms with Gasteiger partial charge in [-0.1, -0.05) is 11.6 Å². The lowest BCUT2D eigenvalue weighted by atomic mass is 10.2. The highest BCUT2D eigenvalue weighted by Crippen LogP contribution is 2.29. The van der Waals surface area contributed by atoms with Crippen LogP contribution in [0.5, 0.6) is 0 Å². The van der Waals surface area contributed by atoms with Gasteiger partial charge in [0, 0.05) is 0 Å². The quantitative estimate of drug-likeness (QED) is 0.629. The summed E-state index contributed by atoms with van der Waals surface area (Å²) in [5, 5.41) is 8.24. The van der Waals surface area contributed by atoms with E-state index in [2.05, 4.69) is 15.9 Å². The van der Waals surface area contributed by atoms with Crippen molar-refractivity contribution in [2.45, 2.75) is 0 Å². The van der Waals surface area contributed by atoms with E-state index in [0.717, 1.165) is 6.07 Å². The Morgan fingerprint density at radius 2 is 2.00 bits per heavy atom. The summed E-state index contributed by atoms with van der Waals surface area (Å²) in [6.07, 6.45) is 0. The molecule has 70 valence electrons. The zero-order valence-corrected chi connectivity index (χ0v) is 8.29. The van der Waals surface area contributed by atoms with Crippen LogP contribution in [-0.2, 0) is 0 Å². The number of hydrogen-bond acceptors (Lipinski definition) is 1. The second-order valence-corrected chi connectivity index (χ2v) is 3.35. The van der Waals surface area contributed by atoms with Gasteiger partial charge in [-0.3, -0.25) is 0 Å². The van der Waals surface area contributed by atoms with Crippen molar-refractivity contribution < 1.29 is 18.7 Å². The summed E-state index contributed by atoms with van der Waals surface area (Å²) < 4.78 is 25.4. The van der Waals surface area contributed by atoms with Crippen molar-refractivity contribution in [1.29, 1.82) is 0 Å². The van der Waals surface area contributed by atoms with Gasteiger partial charge in [0.2, 0.25) is 0 Å². The van der Waals surface area contributed by atoms with E-state index in [4.69, 9.17) is 16.7 Å². The molecule has 0 radical (unpaired) electrons. The molecule has 1 N–H and O–H groups in total. The van der Waals surface area contributed by atoms with Crippen molar-refractivity contribution in [3.63, 3.8) is 0 Å². The molecule has 1 rings (SSSR count). The fraction of sp³-hybridized carbons (Fsp3) is 0. The number of carboxylic acids is 1. The van der Waals surface area contributed by atoms with Crippen LogP contribution in [0.3, 0.4) is 0 Å². The molecule has 1 aromatic rings. The SMILES string of the molecule is O=C(O)c1cc(Cl)c(Br)c(F)c1F. The topological polar surface area (TPSA) is 37.3 Å². The first-order valence-electron chi connectivity index (χ1n) is 3.01. The van der Waals surface area contributed by atoms with Gasteiger partial charge in [-0.05, 0) is 22.0 Å². The number of rotatable bonds is 1. The Morgan fingerprint density at radius 3 is 2.46 bits per heavy atom. The minimum absolute atomic E-state index is 0.184. The lowest BCUT2D eigenvalue weighted by Crippen LogP contribution is -2.03. The van der Waals surface area contributed by atoms with Crippen LogP contribution < -0.4 is 0 Å². The Balaban J connectivity index is 3.50. The van der Waals surface area contributed by atoms with Gasteiger partial charge in [-0.25, -0.2) is 13.6 Å². The predicted octanol–water partition coefficient (Wildman–Crippen LogP) is 3.08. The van der Waals surface area contributed by atoms with Crippen molar-refractivity contribution >= 4 is 33.5 Å². The fourth-order valence-electron chi connectivity index (χ4n) is 0.728. The maximum Gasteiger partial charge on any atom is 0.338 e. The van der Waals surface area contributed by atoms with Crippen LogP contribution in [0, 0.1) is 11.6 Å². The van der Waals surface area contributed by atoms with Crippen LogP contribution in [0.1, 0.15) is 10.4 Å². The number of carboxylic acid groups (broad SMARTS) is 1. The molecule has 6 heteroatoms. The van der Waals surface area contributed by atoms with E-state index in [1.54, 1.807) is 0 Å². The van der Waals surface area contributed by atoms with Crippen LogP contribution >= 0.6 is 27.5 Å². The third kappa shape index (κ3) is 1.81. The summed E-state index contributed by atoms with van der Waals surface area (Å²) >= 11 is 8.09. The standard InChI is InChI=1S/C7H2BrClF2O2/c8-4-3(9)1-2(7(12)13)5(10)6(4)11/h1H,(H,12,13). The second-order valence-electron chi connectivity index (χ2n) is 2.15. The molecule has 0 aliphatic carbocycles. The van der Waals surface area contributed by atoms with Crippen molar-refractivity contribution in [3.8, 4) is 0 Å². The smallest absolute Gasteiger partial charge is 0.338 e. The molecule has 2 nitrogen and oxygen atoms in total. The molecule has 0 spiro atoms. The molecule has 0 bridgehead atoms. The van der Waals surface area contributed by atoms with E-state index in [0.29, 0.717) is 0 Å². The lowest BCUT2D eigenvalue weighted by Gasteiger charge is -2.02. The number of halogens is 4. The van der Waals surface area contributed by atoms with Gasteiger partial charge in [0.15, 0.2) is 11.6 Å². The summed E-state index contributed by atoms with van der Waals surface area (Å²) in [7, 11) is 0. The first kappa shape index (κ1) is 10.4. The molecule has 0 saturated heterocycles. The maximum atomic E-state index is 12.8. The number of hydrogen-bond donors (Lipinski definition) is 1. The summed E-state index contributed by atoms with van der Waals surface area (Å²) in [5.74, 6) is -4.29. The summed E-state index contributed by atoms with van der Waals surface area (Å²) in [6.45, 7) is 0. The Morgan fingerprint density at radius 1 is 1.46 bits per heavy atom. The van der Waals surface area contributed by atoms with E-state index in [1.807, 2.05) is 0 Å². The van der Waals surface area contributed by atoms with Crippen LogP contribution in [0.25, 0.3) is 0 Å². The van der Waals surface area contributed by atoms with Crippen molar-refractivity contribution in [2.75, 3.05) is 0 Å². The predicted molar refractivity (Wildman–Crippen MR) is 46.0 cm³/mol. The van der Waals surface area contributed by atoms with Gasteiger partial charge < -0.3 is 5.11 Å². The minimum Gasteiger partial charge on any atom is -0.478 e. The lowest BCUT2D eigenvalue weighted by molar-refractivity contribution is 0.0690. The van der Waals surface area contributed by atoms with Crippen LogP contribution in [-0.4, -0.2) is 11.1 Å². The number of carbonyl (C=O) groups is 1. The minimum atomic E-state index is -1.56. The third-order valence-electron chi connectivity index (χ3n) is 1.33. The Kier molecular flexibility index (Phi) is 2.87. The molecular weight excluding hydrogens is 269 g/mol. The molecule has 0 aromatic heterocycles. The number of aromatic carboxylic acids is 1. The number of benzene rings is 1. The monoisotopic (exact) mass is 270 g/mol. The third-order valence-corrected chi connectivity index (χ3v) is 2.63. The highest BCUT2D eigenvalue weighted by Gasteiger charge is 2.19. The average molecular weight is 271 g/mol. The molecule has 0 fully saturated rings.